The van der Waals surface area contributed by atoms with Gasteiger partial charge in [-0.15, -0.1) is 0 Å². The van der Waals surface area contributed by atoms with Crippen molar-refractivity contribution < 1.29 is 14.7 Å². The highest BCUT2D eigenvalue weighted by molar-refractivity contribution is 5.89. The van der Waals surface area contributed by atoms with Gasteiger partial charge in [-0.25, -0.2) is 0 Å². The monoisotopic (exact) mass is 294 g/mol. The second kappa shape index (κ2) is 6.34. The number of nitrogens with zero attached hydrogens (tertiary/aromatic N) is 1. The van der Waals surface area contributed by atoms with Crippen molar-refractivity contribution >= 4 is 11.8 Å². The Labute approximate surface area is 126 Å². The number of likely N-dealkylation sites (tertiary alicyclic amines) is 1. The lowest BCUT2D eigenvalue weighted by molar-refractivity contribution is -0.129. The molecule has 2 saturated carbocycles. The van der Waals surface area contributed by atoms with Gasteiger partial charge in [0, 0.05) is 32.2 Å². The third-order valence-corrected chi connectivity index (χ3v) is 5.36. The molecular formula is C16H26N2O3. The predicted molar refractivity (Wildman–Crippen MR) is 78.4 cm³/mol. The third kappa shape index (κ3) is 3.39. The van der Waals surface area contributed by atoms with Gasteiger partial charge in [-0.2, -0.15) is 0 Å². The number of rotatable bonds is 5. The molecule has 0 aromatic carbocycles. The average molecular weight is 294 g/mol. The molecule has 5 heteroatoms. The van der Waals surface area contributed by atoms with Crippen LogP contribution in [0.2, 0.25) is 0 Å². The summed E-state index contributed by atoms with van der Waals surface area (Å²) in [6, 6.07) is 0.410. The molecule has 2 aliphatic carbocycles. The number of aliphatic hydroxyl groups is 1. The summed E-state index contributed by atoms with van der Waals surface area (Å²) >= 11 is 0. The van der Waals surface area contributed by atoms with Gasteiger partial charge >= 0.3 is 0 Å². The van der Waals surface area contributed by atoms with Gasteiger partial charge in [-0.1, -0.05) is 12.8 Å². The van der Waals surface area contributed by atoms with Crippen LogP contribution in [0.4, 0.5) is 0 Å². The van der Waals surface area contributed by atoms with Crippen LogP contribution in [-0.4, -0.2) is 47.6 Å². The molecule has 3 atom stereocenters. The summed E-state index contributed by atoms with van der Waals surface area (Å²) in [5.41, 5.74) is 0. The Morgan fingerprint density at radius 3 is 2.57 bits per heavy atom. The minimum Gasteiger partial charge on any atom is -0.396 e. The summed E-state index contributed by atoms with van der Waals surface area (Å²) in [6.07, 6.45) is 7.09. The van der Waals surface area contributed by atoms with Crippen molar-refractivity contribution in [3.8, 4) is 0 Å². The normalized spacial score (nSPS) is 33.3. The molecule has 21 heavy (non-hydrogen) atoms. The van der Waals surface area contributed by atoms with Crippen LogP contribution < -0.4 is 5.32 Å². The summed E-state index contributed by atoms with van der Waals surface area (Å²) in [6.45, 7) is 1.47. The fraction of sp³-hybridized carbons (Fsp3) is 0.875. The lowest BCUT2D eigenvalue weighted by Gasteiger charge is -2.30. The molecule has 0 spiro atoms. The van der Waals surface area contributed by atoms with Crippen molar-refractivity contribution in [1.82, 2.24) is 10.2 Å². The number of carbonyl (C=O) groups is 2. The Morgan fingerprint density at radius 2 is 1.90 bits per heavy atom. The molecule has 3 rings (SSSR count). The Balaban J connectivity index is 1.46. The Bertz CT molecular complexity index is 408. The van der Waals surface area contributed by atoms with Crippen LogP contribution in [-0.2, 0) is 9.59 Å². The standard InChI is InChI=1S/C16H26N2O3/c19-10-12-4-2-1-3-11(12)8-17-16(21)13-7-15(20)18(9-13)14-5-6-14/h11-14,19H,1-10H2,(H,17,21). The van der Waals surface area contributed by atoms with Crippen molar-refractivity contribution in [2.75, 3.05) is 19.7 Å². The molecule has 1 heterocycles. The van der Waals surface area contributed by atoms with E-state index in [9.17, 15) is 14.7 Å². The van der Waals surface area contributed by atoms with E-state index in [1.165, 1.54) is 12.8 Å². The molecule has 0 aromatic heterocycles. The second-order valence-corrected chi connectivity index (χ2v) is 6.91. The molecule has 2 amide bonds. The van der Waals surface area contributed by atoms with E-state index in [4.69, 9.17) is 0 Å². The number of hydrogen-bond acceptors (Lipinski definition) is 3. The van der Waals surface area contributed by atoms with E-state index in [-0.39, 0.29) is 24.3 Å². The van der Waals surface area contributed by atoms with Crippen molar-refractivity contribution in [2.24, 2.45) is 17.8 Å². The molecule has 3 aliphatic rings. The number of aliphatic hydroxyl groups excluding tert-OH is 1. The first-order chi connectivity index (χ1) is 10.2. The van der Waals surface area contributed by atoms with Gasteiger partial charge in [0.15, 0.2) is 0 Å². The van der Waals surface area contributed by atoms with Crippen molar-refractivity contribution in [3.63, 3.8) is 0 Å². The largest absolute Gasteiger partial charge is 0.396 e. The molecular weight excluding hydrogens is 268 g/mol. The maximum Gasteiger partial charge on any atom is 0.225 e. The van der Waals surface area contributed by atoms with E-state index >= 15 is 0 Å². The zero-order chi connectivity index (χ0) is 14.8. The average Bonchev–Trinajstić information content (AvgIpc) is 3.27. The lowest BCUT2D eigenvalue weighted by atomic mass is 9.79. The zero-order valence-corrected chi connectivity index (χ0v) is 12.6. The molecule has 0 aromatic rings. The first-order valence-corrected chi connectivity index (χ1v) is 8.37. The van der Waals surface area contributed by atoms with E-state index < -0.39 is 0 Å². The Morgan fingerprint density at radius 1 is 1.19 bits per heavy atom. The van der Waals surface area contributed by atoms with Gasteiger partial charge in [0.2, 0.25) is 11.8 Å². The van der Waals surface area contributed by atoms with Crippen LogP contribution in [0.25, 0.3) is 0 Å². The van der Waals surface area contributed by atoms with Crippen LogP contribution in [0.5, 0.6) is 0 Å². The molecule has 118 valence electrons. The highest BCUT2D eigenvalue weighted by atomic mass is 16.3. The second-order valence-electron chi connectivity index (χ2n) is 6.91. The Hall–Kier alpha value is -1.10. The van der Waals surface area contributed by atoms with Gasteiger partial charge in [-0.3, -0.25) is 9.59 Å². The minimum absolute atomic E-state index is 0.0220. The van der Waals surface area contributed by atoms with E-state index in [0.29, 0.717) is 37.4 Å². The van der Waals surface area contributed by atoms with E-state index in [0.717, 1.165) is 25.7 Å². The van der Waals surface area contributed by atoms with Crippen LogP contribution in [0.15, 0.2) is 0 Å². The van der Waals surface area contributed by atoms with E-state index in [1.807, 2.05) is 4.90 Å². The van der Waals surface area contributed by atoms with Crippen LogP contribution >= 0.6 is 0 Å². The van der Waals surface area contributed by atoms with Crippen LogP contribution in [0.1, 0.15) is 44.9 Å². The van der Waals surface area contributed by atoms with Crippen molar-refractivity contribution in [1.29, 1.82) is 0 Å². The number of amides is 2. The van der Waals surface area contributed by atoms with Crippen molar-refractivity contribution in [3.05, 3.63) is 0 Å². The van der Waals surface area contributed by atoms with Gasteiger partial charge in [0.1, 0.15) is 0 Å². The predicted octanol–water partition coefficient (Wildman–Crippen LogP) is 0.912. The maximum atomic E-state index is 12.3. The lowest BCUT2D eigenvalue weighted by Crippen LogP contribution is -2.39. The molecule has 5 nitrogen and oxygen atoms in total. The van der Waals surface area contributed by atoms with E-state index in [2.05, 4.69) is 5.32 Å². The van der Waals surface area contributed by atoms with Gasteiger partial charge in [0.25, 0.3) is 0 Å². The van der Waals surface area contributed by atoms with Crippen molar-refractivity contribution in [2.45, 2.75) is 51.0 Å². The molecule has 2 N–H and O–H groups in total. The number of hydrogen-bond donors (Lipinski definition) is 2. The summed E-state index contributed by atoms with van der Waals surface area (Å²) in [5.74, 6) is 0.711. The van der Waals surface area contributed by atoms with Crippen LogP contribution in [0, 0.1) is 17.8 Å². The molecule has 1 aliphatic heterocycles. The van der Waals surface area contributed by atoms with Gasteiger partial charge < -0.3 is 15.3 Å². The number of nitrogens with one attached hydrogen (secondary N) is 1. The first kappa shape index (κ1) is 14.8. The first-order valence-electron chi connectivity index (χ1n) is 8.37. The highest BCUT2D eigenvalue weighted by Crippen LogP contribution is 2.33. The van der Waals surface area contributed by atoms with Crippen LogP contribution in [0.3, 0.4) is 0 Å². The fourth-order valence-electron chi connectivity index (χ4n) is 3.82. The quantitative estimate of drug-likeness (QED) is 0.792. The minimum atomic E-state index is -0.172. The fourth-order valence-corrected chi connectivity index (χ4v) is 3.82. The maximum absolute atomic E-state index is 12.3. The summed E-state index contributed by atoms with van der Waals surface area (Å²) < 4.78 is 0. The summed E-state index contributed by atoms with van der Waals surface area (Å²) in [4.78, 5) is 26.0. The Kier molecular flexibility index (Phi) is 4.48. The molecule has 0 radical (unpaired) electrons. The topological polar surface area (TPSA) is 69.6 Å². The summed E-state index contributed by atoms with van der Waals surface area (Å²) in [5, 5.41) is 12.4. The molecule has 1 saturated heterocycles. The highest BCUT2D eigenvalue weighted by Gasteiger charge is 2.41. The van der Waals surface area contributed by atoms with Gasteiger partial charge in [-0.05, 0) is 37.5 Å². The SMILES string of the molecule is O=C(NCC1CCCCC1CO)C1CC(=O)N(C2CC2)C1. The third-order valence-electron chi connectivity index (χ3n) is 5.36. The zero-order valence-electron chi connectivity index (χ0n) is 12.6. The van der Waals surface area contributed by atoms with Gasteiger partial charge in [0.05, 0.1) is 5.92 Å². The molecule has 3 fully saturated rings. The molecule has 0 bridgehead atoms. The smallest absolute Gasteiger partial charge is 0.225 e. The molecule has 3 unspecified atom stereocenters. The summed E-state index contributed by atoms with van der Waals surface area (Å²) in [7, 11) is 0. The van der Waals surface area contributed by atoms with E-state index in [1.54, 1.807) is 0 Å². The number of carbonyl (C=O) groups excluding carboxylic acids is 2.